The van der Waals surface area contributed by atoms with Crippen LogP contribution < -0.4 is 10.2 Å². The maximum absolute atomic E-state index is 12.7. The van der Waals surface area contributed by atoms with Gasteiger partial charge in [0.05, 0.1) is 27.7 Å². The molecule has 0 bridgehead atoms. The third-order valence-electron chi connectivity index (χ3n) is 9.50. The van der Waals surface area contributed by atoms with Crippen molar-refractivity contribution in [1.82, 2.24) is 5.32 Å². The van der Waals surface area contributed by atoms with Gasteiger partial charge in [0.15, 0.2) is 11.7 Å². The number of alkyl halides is 3. The molecule has 2 atom stereocenters. The average Bonchev–Trinajstić information content (AvgIpc) is 3.10. The fraction of sp³-hybridized carbons (Fsp3) is 0.927. The Kier molecular flexibility index (Phi) is 32.4. The minimum absolute atomic E-state index is 0.0567. The number of carbonyl (C=O) groups is 3. The largest absolute Gasteiger partial charge is 0.756 e. The highest BCUT2D eigenvalue weighted by molar-refractivity contribution is 7.45. The smallest absolute Gasteiger partial charge is 0.407 e. The van der Waals surface area contributed by atoms with E-state index in [4.69, 9.17) is 58.1 Å². The number of halogens is 3. The van der Waals surface area contributed by atoms with Crippen LogP contribution >= 0.6 is 42.6 Å². The number of quaternary nitrogens is 1. The van der Waals surface area contributed by atoms with Gasteiger partial charge in [-0.15, -0.1) is 0 Å². The van der Waals surface area contributed by atoms with E-state index in [9.17, 15) is 23.8 Å². The van der Waals surface area contributed by atoms with Gasteiger partial charge >= 0.3 is 18.0 Å². The van der Waals surface area contributed by atoms with Crippen LogP contribution in [-0.4, -0.2) is 92.1 Å². The number of carbonyl (C=O) groups excluding carboxylic acids is 3. The summed E-state index contributed by atoms with van der Waals surface area (Å²) in [6.45, 7) is 5.37. The molecule has 0 heterocycles. The molecule has 0 aliphatic heterocycles. The van der Waals surface area contributed by atoms with Crippen LogP contribution in [0.4, 0.5) is 4.79 Å². The molecule has 0 rings (SSSR count). The van der Waals surface area contributed by atoms with E-state index in [2.05, 4.69) is 12.2 Å². The van der Waals surface area contributed by atoms with Gasteiger partial charge in [-0.3, -0.25) is 14.2 Å². The number of alkyl carbamates (subject to hydrolysis) is 1. The number of ether oxygens (including phenoxy) is 3. The number of nitrogens with one attached hydrogen (secondary N) is 1. The van der Waals surface area contributed by atoms with Gasteiger partial charge in [-0.1, -0.05) is 164 Å². The van der Waals surface area contributed by atoms with E-state index in [0.29, 0.717) is 30.4 Å². The van der Waals surface area contributed by atoms with Crippen molar-refractivity contribution < 1.29 is 51.6 Å². The zero-order valence-electron chi connectivity index (χ0n) is 36.2. The van der Waals surface area contributed by atoms with E-state index in [-0.39, 0.29) is 26.1 Å². The van der Waals surface area contributed by atoms with Crippen molar-refractivity contribution in [1.29, 1.82) is 0 Å². The number of hydrogen-bond acceptors (Lipinski definition) is 10. The number of hydrogen-bond donors (Lipinski definition) is 1. The summed E-state index contributed by atoms with van der Waals surface area (Å²) in [5, 5.41) is 2.68. The minimum Gasteiger partial charge on any atom is -0.756 e. The van der Waals surface area contributed by atoms with Crippen molar-refractivity contribution in [3.63, 3.8) is 0 Å². The predicted molar refractivity (Wildman–Crippen MR) is 229 cm³/mol. The van der Waals surface area contributed by atoms with Crippen LogP contribution in [-0.2, 0) is 37.4 Å². The molecule has 0 aliphatic carbocycles. The first kappa shape index (κ1) is 56.1. The summed E-state index contributed by atoms with van der Waals surface area (Å²) < 4.78 is 37.3. The average molecular weight is 896 g/mol. The molecule has 12 nitrogen and oxygen atoms in total. The molecule has 0 saturated heterocycles. The highest BCUT2D eigenvalue weighted by atomic mass is 35.6. The molecule has 1 amide bonds. The van der Waals surface area contributed by atoms with Crippen molar-refractivity contribution in [2.75, 3.05) is 54.1 Å². The Morgan fingerprint density at radius 3 is 1.56 bits per heavy atom. The number of amides is 1. The highest BCUT2D eigenvalue weighted by Gasteiger charge is 2.44. The first-order valence-corrected chi connectivity index (χ1v) is 24.2. The zero-order valence-corrected chi connectivity index (χ0v) is 39.4. The maximum Gasteiger partial charge on any atom is 0.407 e. The number of esters is 2. The van der Waals surface area contributed by atoms with Crippen molar-refractivity contribution in [3.05, 3.63) is 0 Å². The van der Waals surface area contributed by atoms with Gasteiger partial charge in [-0.05, 0) is 33.1 Å². The van der Waals surface area contributed by atoms with E-state index < -0.39 is 48.0 Å². The fourth-order valence-electron chi connectivity index (χ4n) is 5.69. The van der Waals surface area contributed by atoms with E-state index in [1.54, 1.807) is 0 Å². The van der Waals surface area contributed by atoms with Crippen LogP contribution in [0.5, 0.6) is 0 Å². The van der Waals surface area contributed by atoms with Crippen LogP contribution in [0.1, 0.15) is 175 Å². The van der Waals surface area contributed by atoms with E-state index in [1.807, 2.05) is 21.1 Å². The van der Waals surface area contributed by atoms with Gasteiger partial charge in [0.2, 0.25) is 3.79 Å². The van der Waals surface area contributed by atoms with Crippen LogP contribution in [0.25, 0.3) is 0 Å². The summed E-state index contributed by atoms with van der Waals surface area (Å²) in [5.41, 5.74) is -1.26. The molecule has 1 N–H and O–H groups in total. The second-order valence-electron chi connectivity index (χ2n) is 16.6. The number of rotatable bonds is 37. The quantitative estimate of drug-likeness (QED) is 0.0159. The molecule has 57 heavy (non-hydrogen) atoms. The van der Waals surface area contributed by atoms with E-state index in [0.717, 1.165) is 70.6 Å². The Morgan fingerprint density at radius 1 is 0.667 bits per heavy atom. The molecular formula is C41H78Cl3N2O10P. The lowest BCUT2D eigenvalue weighted by molar-refractivity contribution is -0.870. The first-order chi connectivity index (χ1) is 26.8. The molecule has 1 unspecified atom stereocenters. The van der Waals surface area contributed by atoms with E-state index >= 15 is 0 Å². The molecule has 338 valence electrons. The SMILES string of the molecule is CCCCCCCCCCCCCCCC(=O)OC[C@H](COP(=O)([O-])OCC[N+](C)(C)C)OC(=O)CCCCCCCCCCCNC(=O)OC(C)(C)C(Cl)(Cl)Cl. The Labute approximate surface area is 360 Å². The first-order valence-electron chi connectivity index (χ1n) is 21.6. The number of nitrogens with zero attached hydrogens (tertiary/aromatic N) is 1. The van der Waals surface area contributed by atoms with Crippen molar-refractivity contribution in [3.8, 4) is 0 Å². The van der Waals surface area contributed by atoms with E-state index in [1.165, 1.54) is 71.6 Å². The number of unbranched alkanes of at least 4 members (excludes halogenated alkanes) is 20. The van der Waals surface area contributed by atoms with Crippen LogP contribution in [0.15, 0.2) is 0 Å². The Morgan fingerprint density at radius 2 is 1.11 bits per heavy atom. The summed E-state index contributed by atoms with van der Waals surface area (Å²) in [7, 11) is 1.07. The normalized spacial score (nSPS) is 13.9. The molecule has 0 fully saturated rings. The van der Waals surface area contributed by atoms with Gasteiger partial charge in [-0.2, -0.15) is 0 Å². The van der Waals surface area contributed by atoms with Crippen molar-refractivity contribution in [2.24, 2.45) is 0 Å². The van der Waals surface area contributed by atoms with Crippen LogP contribution in [0, 0.1) is 0 Å². The number of phosphoric acid groups is 1. The monoisotopic (exact) mass is 894 g/mol. The van der Waals surface area contributed by atoms with Crippen LogP contribution in [0.3, 0.4) is 0 Å². The minimum atomic E-state index is -4.66. The lowest BCUT2D eigenvalue weighted by atomic mass is 10.0. The molecule has 16 heteroatoms. The van der Waals surface area contributed by atoms with Crippen molar-refractivity contribution in [2.45, 2.75) is 190 Å². The predicted octanol–water partition coefficient (Wildman–Crippen LogP) is 10.9. The highest BCUT2D eigenvalue weighted by Crippen LogP contribution is 2.40. The second-order valence-corrected chi connectivity index (χ2v) is 20.3. The third-order valence-corrected chi connectivity index (χ3v) is 11.8. The van der Waals surface area contributed by atoms with Gasteiger partial charge < -0.3 is 38.0 Å². The standard InChI is InChI=1S/C41H78Cl3N2O10P/c1-7-8-9-10-11-12-13-14-15-17-20-23-26-29-37(47)52-34-36(35-54-57(50,51)53-33-32-46(4,5)6)55-38(48)30-27-24-21-18-16-19-22-25-28-31-45-39(49)56-40(2,3)41(42,43)44/h36H,7-35H2,1-6H3,(H-,45,49,50,51)/t36-/m1/s1. The summed E-state index contributed by atoms with van der Waals surface area (Å²) >= 11 is 17.5. The van der Waals surface area contributed by atoms with Crippen molar-refractivity contribution >= 4 is 60.7 Å². The third kappa shape index (κ3) is 35.6. The Bertz CT molecular complexity index is 1110. The molecular weight excluding hydrogens is 818 g/mol. The Balaban J connectivity index is 4.39. The molecule has 0 aromatic heterocycles. The summed E-state index contributed by atoms with van der Waals surface area (Å²) in [6, 6.07) is 0. The molecule has 0 aromatic carbocycles. The molecule has 0 radical (unpaired) electrons. The topological polar surface area (TPSA) is 150 Å². The summed E-state index contributed by atoms with van der Waals surface area (Å²) in [5.74, 6) is -0.918. The molecule has 0 spiro atoms. The van der Waals surface area contributed by atoms with Gasteiger partial charge in [0, 0.05) is 19.4 Å². The second kappa shape index (κ2) is 32.9. The van der Waals surface area contributed by atoms with Gasteiger partial charge in [-0.25, -0.2) is 4.79 Å². The van der Waals surface area contributed by atoms with Gasteiger partial charge in [0.1, 0.15) is 19.8 Å². The maximum atomic E-state index is 12.7. The number of phosphoric ester groups is 1. The summed E-state index contributed by atoms with van der Waals surface area (Å²) in [4.78, 5) is 49.5. The fourth-order valence-corrected chi connectivity index (χ4v) is 6.54. The molecule has 0 aliphatic rings. The van der Waals surface area contributed by atoms with Crippen LogP contribution in [0.2, 0.25) is 0 Å². The number of likely N-dealkylation sites (N-methyl/N-ethyl adjacent to an activating group) is 1. The zero-order chi connectivity index (χ0) is 43.1. The Hall–Kier alpha value is -0.850. The molecule has 0 aromatic rings. The summed E-state index contributed by atoms with van der Waals surface area (Å²) in [6.07, 6.45) is 22.8. The molecule has 0 saturated carbocycles. The lowest BCUT2D eigenvalue weighted by Gasteiger charge is -2.31. The van der Waals surface area contributed by atoms with Gasteiger partial charge in [0.25, 0.3) is 7.82 Å². The lowest BCUT2D eigenvalue weighted by Crippen LogP contribution is -2.44.